The molecule has 0 saturated carbocycles. The predicted molar refractivity (Wildman–Crippen MR) is 106 cm³/mol. The molecule has 0 aliphatic carbocycles. The fraction of sp³-hybridized carbons (Fsp3) is 0.150. The molecule has 1 N–H and O–H groups in total. The highest BCUT2D eigenvalue weighted by Crippen LogP contribution is 2.26. The number of thiazole rings is 1. The lowest BCUT2D eigenvalue weighted by Gasteiger charge is -2.02. The van der Waals surface area contributed by atoms with Crippen molar-refractivity contribution in [1.82, 2.24) is 4.98 Å². The predicted octanol–water partition coefficient (Wildman–Crippen LogP) is 3.81. The molecular weight excluding hydrogens is 364 g/mol. The van der Waals surface area contributed by atoms with Crippen LogP contribution in [0.3, 0.4) is 0 Å². The van der Waals surface area contributed by atoms with Crippen LogP contribution in [-0.4, -0.2) is 30.6 Å². The van der Waals surface area contributed by atoms with Gasteiger partial charge in [-0.2, -0.15) is 0 Å². The van der Waals surface area contributed by atoms with Gasteiger partial charge in [0.05, 0.1) is 17.3 Å². The van der Waals surface area contributed by atoms with Crippen LogP contribution in [0.1, 0.15) is 11.1 Å². The molecule has 0 saturated heterocycles. The number of aryl methyl sites for hydroxylation is 1. The number of fused-ring (bicyclic) bond motifs is 1. The lowest BCUT2D eigenvalue weighted by atomic mass is 10.2. The first kappa shape index (κ1) is 18.6. The number of esters is 1. The van der Waals surface area contributed by atoms with Gasteiger partial charge in [-0.05, 0) is 48.4 Å². The number of carbonyl (C=O) groups excluding carboxylic acids is 2. The van der Waals surface area contributed by atoms with Crippen molar-refractivity contribution in [1.29, 1.82) is 0 Å². The SMILES string of the molecule is COc1ccc(/C=C/C(=O)OCC(=O)Nc2nc3ccc(C)cc3s2)cc1. The van der Waals surface area contributed by atoms with Gasteiger partial charge in [0.15, 0.2) is 11.7 Å². The average Bonchev–Trinajstić information content (AvgIpc) is 3.06. The van der Waals surface area contributed by atoms with Gasteiger partial charge in [-0.25, -0.2) is 9.78 Å². The highest BCUT2D eigenvalue weighted by atomic mass is 32.1. The van der Waals surface area contributed by atoms with Crippen LogP contribution < -0.4 is 10.1 Å². The molecule has 6 nitrogen and oxygen atoms in total. The van der Waals surface area contributed by atoms with Crippen LogP contribution in [0, 0.1) is 6.92 Å². The fourth-order valence-corrected chi connectivity index (χ4v) is 3.28. The Morgan fingerprint density at radius 3 is 2.70 bits per heavy atom. The third kappa shape index (κ3) is 5.15. The zero-order chi connectivity index (χ0) is 19.2. The number of amides is 1. The van der Waals surface area contributed by atoms with E-state index >= 15 is 0 Å². The van der Waals surface area contributed by atoms with Gasteiger partial charge < -0.3 is 9.47 Å². The van der Waals surface area contributed by atoms with Crippen LogP contribution in [-0.2, 0) is 14.3 Å². The maximum atomic E-state index is 11.9. The Hall–Kier alpha value is -3.19. The third-order valence-corrected chi connectivity index (χ3v) is 4.60. The van der Waals surface area contributed by atoms with Crippen molar-refractivity contribution >= 4 is 44.6 Å². The molecule has 1 amide bonds. The largest absolute Gasteiger partial charge is 0.497 e. The first-order valence-electron chi connectivity index (χ1n) is 8.19. The molecule has 0 bridgehead atoms. The number of rotatable bonds is 6. The summed E-state index contributed by atoms with van der Waals surface area (Å²) < 4.78 is 11.0. The number of methoxy groups -OCH3 is 1. The maximum Gasteiger partial charge on any atom is 0.331 e. The zero-order valence-electron chi connectivity index (χ0n) is 14.9. The van der Waals surface area contributed by atoms with Gasteiger partial charge in [0.1, 0.15) is 5.75 Å². The normalized spacial score (nSPS) is 10.9. The van der Waals surface area contributed by atoms with Crippen LogP contribution in [0.4, 0.5) is 5.13 Å². The molecule has 138 valence electrons. The van der Waals surface area contributed by atoms with Gasteiger partial charge in [-0.15, -0.1) is 0 Å². The van der Waals surface area contributed by atoms with Crippen molar-refractivity contribution in [3.8, 4) is 5.75 Å². The minimum atomic E-state index is -0.596. The van der Waals surface area contributed by atoms with E-state index in [0.717, 1.165) is 27.1 Å². The van der Waals surface area contributed by atoms with E-state index in [1.807, 2.05) is 37.3 Å². The summed E-state index contributed by atoms with van der Waals surface area (Å²) in [6, 6.07) is 13.1. The topological polar surface area (TPSA) is 77.5 Å². The second-order valence-electron chi connectivity index (χ2n) is 5.75. The smallest absolute Gasteiger partial charge is 0.331 e. The average molecular weight is 382 g/mol. The van der Waals surface area contributed by atoms with E-state index in [9.17, 15) is 9.59 Å². The standard InChI is InChI=1S/C20H18N2O4S/c1-13-3-9-16-17(11-13)27-20(21-16)22-18(23)12-26-19(24)10-6-14-4-7-15(25-2)8-5-14/h3-11H,12H2,1-2H3,(H,21,22,23)/b10-6+. The number of hydrogen-bond acceptors (Lipinski definition) is 6. The number of anilines is 1. The quantitative estimate of drug-likeness (QED) is 0.518. The number of hydrogen-bond donors (Lipinski definition) is 1. The van der Waals surface area contributed by atoms with Gasteiger partial charge in [0.25, 0.3) is 5.91 Å². The monoisotopic (exact) mass is 382 g/mol. The van der Waals surface area contributed by atoms with E-state index < -0.39 is 11.9 Å². The molecule has 0 aliphatic rings. The van der Waals surface area contributed by atoms with E-state index in [2.05, 4.69) is 10.3 Å². The third-order valence-electron chi connectivity index (χ3n) is 3.66. The lowest BCUT2D eigenvalue weighted by Crippen LogP contribution is -2.19. The Bertz CT molecular complexity index is 993. The summed E-state index contributed by atoms with van der Waals surface area (Å²) >= 11 is 1.38. The molecule has 1 aromatic heterocycles. The maximum absolute atomic E-state index is 11.9. The molecule has 0 unspecified atom stereocenters. The number of benzene rings is 2. The number of ether oxygens (including phenoxy) is 2. The van der Waals surface area contributed by atoms with Gasteiger partial charge in [-0.3, -0.25) is 10.1 Å². The van der Waals surface area contributed by atoms with Gasteiger partial charge in [0.2, 0.25) is 0 Å². The van der Waals surface area contributed by atoms with Crippen molar-refractivity contribution in [3.63, 3.8) is 0 Å². The van der Waals surface area contributed by atoms with Crippen molar-refractivity contribution in [2.24, 2.45) is 0 Å². The minimum absolute atomic E-state index is 0.374. The first-order chi connectivity index (χ1) is 13.0. The summed E-state index contributed by atoms with van der Waals surface area (Å²) in [6.45, 7) is 1.62. The van der Waals surface area contributed by atoms with Crippen LogP contribution in [0.15, 0.2) is 48.5 Å². The second-order valence-corrected chi connectivity index (χ2v) is 6.78. The molecule has 0 atom stereocenters. The van der Waals surface area contributed by atoms with Gasteiger partial charge in [-0.1, -0.05) is 29.5 Å². The number of nitrogens with zero attached hydrogens (tertiary/aromatic N) is 1. The molecule has 0 radical (unpaired) electrons. The molecule has 2 aromatic carbocycles. The van der Waals surface area contributed by atoms with Crippen LogP contribution >= 0.6 is 11.3 Å². The molecule has 0 spiro atoms. The van der Waals surface area contributed by atoms with Gasteiger partial charge in [0, 0.05) is 6.08 Å². The fourth-order valence-electron chi connectivity index (χ4n) is 2.30. The number of aromatic nitrogens is 1. The Morgan fingerprint density at radius 1 is 1.19 bits per heavy atom. The molecule has 0 aliphatic heterocycles. The molecule has 0 fully saturated rings. The van der Waals surface area contributed by atoms with E-state index in [-0.39, 0.29) is 6.61 Å². The summed E-state index contributed by atoms with van der Waals surface area (Å²) in [7, 11) is 1.59. The van der Waals surface area contributed by atoms with Crippen molar-refractivity contribution < 1.29 is 19.1 Å². The first-order valence-corrected chi connectivity index (χ1v) is 9.01. The van der Waals surface area contributed by atoms with E-state index in [0.29, 0.717) is 5.13 Å². The zero-order valence-corrected chi connectivity index (χ0v) is 15.7. The molecule has 27 heavy (non-hydrogen) atoms. The van der Waals surface area contributed by atoms with Crippen LogP contribution in [0.2, 0.25) is 0 Å². The van der Waals surface area contributed by atoms with Crippen molar-refractivity contribution in [3.05, 3.63) is 59.7 Å². The van der Waals surface area contributed by atoms with Gasteiger partial charge >= 0.3 is 5.97 Å². The number of carbonyl (C=O) groups is 2. The molecule has 3 rings (SSSR count). The summed E-state index contributed by atoms with van der Waals surface area (Å²) in [5.74, 6) is -0.297. The Balaban J connectivity index is 1.50. The molecule has 3 aromatic rings. The summed E-state index contributed by atoms with van der Waals surface area (Å²) in [6.07, 6.45) is 2.88. The summed E-state index contributed by atoms with van der Waals surface area (Å²) in [5.41, 5.74) is 2.77. The summed E-state index contributed by atoms with van der Waals surface area (Å²) in [5, 5.41) is 3.12. The Morgan fingerprint density at radius 2 is 1.96 bits per heavy atom. The molecule has 7 heteroatoms. The lowest BCUT2D eigenvalue weighted by molar-refractivity contribution is -0.142. The van der Waals surface area contributed by atoms with Crippen LogP contribution in [0.5, 0.6) is 5.75 Å². The van der Waals surface area contributed by atoms with E-state index in [4.69, 9.17) is 9.47 Å². The van der Waals surface area contributed by atoms with E-state index in [1.54, 1.807) is 25.3 Å². The highest BCUT2D eigenvalue weighted by Gasteiger charge is 2.09. The Labute approximate surface area is 160 Å². The highest BCUT2D eigenvalue weighted by molar-refractivity contribution is 7.22. The Kier molecular flexibility index (Phi) is 5.83. The second kappa shape index (κ2) is 8.46. The minimum Gasteiger partial charge on any atom is -0.497 e. The molecular formula is C20H18N2O4S. The number of nitrogens with one attached hydrogen (secondary N) is 1. The van der Waals surface area contributed by atoms with Crippen LogP contribution in [0.25, 0.3) is 16.3 Å². The van der Waals surface area contributed by atoms with Crippen molar-refractivity contribution in [2.45, 2.75) is 6.92 Å². The molecule has 1 heterocycles. The van der Waals surface area contributed by atoms with Crippen molar-refractivity contribution in [2.75, 3.05) is 19.0 Å². The summed E-state index contributed by atoms with van der Waals surface area (Å²) in [4.78, 5) is 28.0. The van der Waals surface area contributed by atoms with E-state index in [1.165, 1.54) is 17.4 Å².